The molecule has 0 radical (unpaired) electrons. The second kappa shape index (κ2) is 14.4. The van der Waals surface area contributed by atoms with E-state index in [4.69, 9.17) is 4.52 Å². The Labute approximate surface area is 224 Å². The fourth-order valence-corrected chi connectivity index (χ4v) is 4.66. The number of halogens is 3. The second-order valence-corrected chi connectivity index (χ2v) is 10.2. The van der Waals surface area contributed by atoms with Gasteiger partial charge < -0.3 is 14.4 Å². The van der Waals surface area contributed by atoms with Gasteiger partial charge in [0.05, 0.1) is 12.1 Å². The Hall–Kier alpha value is -2.71. The van der Waals surface area contributed by atoms with Gasteiger partial charge in [0.25, 0.3) is 5.89 Å². The van der Waals surface area contributed by atoms with Gasteiger partial charge in [-0.05, 0) is 37.6 Å². The molecule has 0 bridgehead atoms. The van der Waals surface area contributed by atoms with Gasteiger partial charge in [0, 0.05) is 23.1 Å². The summed E-state index contributed by atoms with van der Waals surface area (Å²) >= 11 is 0. The number of benzene rings is 2. The molecule has 0 aliphatic rings. The maximum absolute atomic E-state index is 13.5. The Kier molecular flexibility index (Phi) is 11.3. The van der Waals surface area contributed by atoms with Crippen molar-refractivity contribution in [2.75, 3.05) is 6.54 Å². The third-order valence-electron chi connectivity index (χ3n) is 6.92. The molecular formula is C30H40F3N3O2. The Morgan fingerprint density at radius 3 is 2.05 bits per heavy atom. The van der Waals surface area contributed by atoms with Gasteiger partial charge in [0.2, 0.25) is 0 Å². The van der Waals surface area contributed by atoms with Crippen LogP contribution in [0.25, 0.3) is 11.5 Å². The first-order valence-electron chi connectivity index (χ1n) is 13.9. The summed E-state index contributed by atoms with van der Waals surface area (Å²) in [4.78, 5) is 4.54. The second-order valence-electron chi connectivity index (χ2n) is 10.2. The van der Waals surface area contributed by atoms with E-state index in [-0.39, 0.29) is 19.6 Å². The fraction of sp³-hybridized carbons (Fsp3) is 0.533. The molecule has 0 saturated carbocycles. The molecule has 208 valence electrons. The molecule has 0 spiro atoms. The molecule has 3 aromatic rings. The molecule has 0 amide bonds. The van der Waals surface area contributed by atoms with E-state index < -0.39 is 16.4 Å². The van der Waals surface area contributed by atoms with Crippen molar-refractivity contribution in [3.63, 3.8) is 0 Å². The van der Waals surface area contributed by atoms with E-state index in [1.165, 1.54) is 51.0 Å². The molecule has 2 aromatic carbocycles. The summed E-state index contributed by atoms with van der Waals surface area (Å²) in [5.41, 5.74) is 1.13. The molecule has 3 rings (SSSR count). The highest BCUT2D eigenvalue weighted by Crippen LogP contribution is 2.31. The molecule has 1 aromatic heterocycles. The average Bonchev–Trinajstić information content (AvgIpc) is 3.36. The predicted octanol–water partition coefficient (Wildman–Crippen LogP) is 8.86. The van der Waals surface area contributed by atoms with E-state index in [0.717, 1.165) is 42.5 Å². The number of unbranched alkanes of at least 4 members (excludes halogenated alkanes) is 8. The van der Waals surface area contributed by atoms with Crippen LogP contribution in [0.1, 0.15) is 94.1 Å². The molecular weight excluding hydrogens is 491 g/mol. The number of quaternary nitrogens is 1. The summed E-state index contributed by atoms with van der Waals surface area (Å²) in [6.07, 6.45) is 7.60. The lowest BCUT2D eigenvalue weighted by atomic mass is 10.1. The maximum atomic E-state index is 13.5. The maximum Gasteiger partial charge on any atom is 0.416 e. The van der Waals surface area contributed by atoms with Crippen molar-refractivity contribution in [1.29, 1.82) is 0 Å². The van der Waals surface area contributed by atoms with Crippen molar-refractivity contribution < 1.29 is 22.3 Å². The molecule has 0 fully saturated rings. The molecule has 0 saturated heterocycles. The molecule has 1 heterocycles. The number of hydrogen-bond acceptors (Lipinski definition) is 4. The molecule has 0 N–H and O–H groups in total. The number of aryl methyl sites for hydroxylation is 1. The van der Waals surface area contributed by atoms with Crippen molar-refractivity contribution in [3.05, 3.63) is 76.3 Å². The monoisotopic (exact) mass is 531 g/mol. The van der Waals surface area contributed by atoms with Crippen LogP contribution in [0, 0.1) is 5.21 Å². The molecule has 0 aliphatic carbocycles. The largest absolute Gasteiger partial charge is 0.632 e. The summed E-state index contributed by atoms with van der Waals surface area (Å²) in [7, 11) is 0. The van der Waals surface area contributed by atoms with Gasteiger partial charge in [-0.3, -0.25) is 0 Å². The molecule has 38 heavy (non-hydrogen) atoms. The molecule has 0 aliphatic heterocycles. The lowest BCUT2D eigenvalue weighted by molar-refractivity contribution is -0.905. The zero-order valence-corrected chi connectivity index (χ0v) is 22.6. The van der Waals surface area contributed by atoms with Crippen LogP contribution in [0.5, 0.6) is 0 Å². The van der Waals surface area contributed by atoms with E-state index >= 15 is 0 Å². The highest BCUT2D eigenvalue weighted by atomic mass is 19.4. The molecule has 8 heteroatoms. The van der Waals surface area contributed by atoms with Crippen LogP contribution in [-0.4, -0.2) is 21.3 Å². The number of rotatable bonds is 16. The van der Waals surface area contributed by atoms with Gasteiger partial charge >= 0.3 is 6.18 Å². The summed E-state index contributed by atoms with van der Waals surface area (Å²) in [6.45, 7) is 4.29. The lowest BCUT2D eigenvalue weighted by Gasteiger charge is -2.42. The van der Waals surface area contributed by atoms with Crippen LogP contribution < -0.4 is 0 Å². The Morgan fingerprint density at radius 1 is 0.816 bits per heavy atom. The minimum absolute atomic E-state index is 0.0475. The van der Waals surface area contributed by atoms with Gasteiger partial charge in [-0.1, -0.05) is 87.7 Å². The SMILES string of the molecule is CCCCCCCCCCCc1noc(-c2cccc(C[N+]([O-])(CC)Cc3cccc(C(F)(F)F)c3)c2)n1. The Morgan fingerprint density at radius 2 is 1.42 bits per heavy atom. The number of alkyl halides is 3. The lowest BCUT2D eigenvalue weighted by Crippen LogP contribution is -2.40. The van der Waals surface area contributed by atoms with Crippen LogP contribution in [-0.2, 0) is 25.7 Å². The first kappa shape index (κ1) is 29.8. The molecule has 5 nitrogen and oxygen atoms in total. The van der Waals surface area contributed by atoms with Crippen molar-refractivity contribution in [3.8, 4) is 11.5 Å². The van der Waals surface area contributed by atoms with Crippen molar-refractivity contribution in [2.45, 2.75) is 97.3 Å². The summed E-state index contributed by atoms with van der Waals surface area (Å²) < 4.78 is 44.1. The third kappa shape index (κ3) is 9.55. The number of nitrogens with zero attached hydrogens (tertiary/aromatic N) is 3. The highest BCUT2D eigenvalue weighted by Gasteiger charge is 2.31. The first-order valence-corrected chi connectivity index (χ1v) is 13.9. The van der Waals surface area contributed by atoms with Crippen molar-refractivity contribution in [2.24, 2.45) is 0 Å². The van der Waals surface area contributed by atoms with Crippen LogP contribution in [0.15, 0.2) is 53.1 Å². The van der Waals surface area contributed by atoms with Crippen molar-refractivity contribution in [1.82, 2.24) is 10.1 Å². The van der Waals surface area contributed by atoms with Crippen LogP contribution in [0.3, 0.4) is 0 Å². The first-order chi connectivity index (χ1) is 18.2. The number of hydroxylamine groups is 3. The van der Waals surface area contributed by atoms with Gasteiger partial charge in [0.1, 0.15) is 13.1 Å². The van der Waals surface area contributed by atoms with Crippen LogP contribution in [0.2, 0.25) is 0 Å². The normalized spacial score (nSPS) is 13.5. The summed E-state index contributed by atoms with van der Waals surface area (Å²) in [5, 5.41) is 17.6. The quantitative estimate of drug-likeness (QED) is 0.105. The smallest absolute Gasteiger partial charge is 0.416 e. The van der Waals surface area contributed by atoms with Gasteiger partial charge in [-0.15, -0.1) is 0 Å². The zero-order valence-electron chi connectivity index (χ0n) is 22.6. The highest BCUT2D eigenvalue weighted by molar-refractivity contribution is 5.53. The molecule has 1 atom stereocenters. The van der Waals surface area contributed by atoms with E-state index in [1.54, 1.807) is 13.0 Å². The topological polar surface area (TPSA) is 62.0 Å². The fourth-order valence-electron chi connectivity index (χ4n) is 4.66. The van der Waals surface area contributed by atoms with Crippen molar-refractivity contribution >= 4 is 0 Å². The predicted molar refractivity (Wildman–Crippen MR) is 144 cm³/mol. The minimum Gasteiger partial charge on any atom is -0.632 e. The van der Waals surface area contributed by atoms with Gasteiger partial charge in [-0.2, -0.15) is 18.2 Å². The summed E-state index contributed by atoms with van der Waals surface area (Å²) in [5.74, 6) is 1.09. The summed E-state index contributed by atoms with van der Waals surface area (Å²) in [6, 6.07) is 12.4. The van der Waals surface area contributed by atoms with E-state index in [9.17, 15) is 18.4 Å². The van der Waals surface area contributed by atoms with Crippen LogP contribution in [0.4, 0.5) is 13.2 Å². The minimum atomic E-state index is -4.44. The van der Waals surface area contributed by atoms with E-state index in [0.29, 0.717) is 17.3 Å². The number of hydrogen-bond donors (Lipinski definition) is 0. The van der Waals surface area contributed by atoms with Gasteiger partial charge in [0.15, 0.2) is 5.82 Å². The Balaban J connectivity index is 1.54. The standard InChI is InChI=1S/C30H40F3N3O2/c1-3-5-6-7-8-9-10-11-12-19-28-34-29(38-35-28)26-17-13-15-24(20-26)22-36(37,4-2)23-25-16-14-18-27(21-25)30(31,32)33/h13-18,20-21H,3-12,19,22-23H2,1-2H3. The zero-order chi connectivity index (χ0) is 27.4. The number of aromatic nitrogens is 2. The van der Waals surface area contributed by atoms with E-state index in [2.05, 4.69) is 17.1 Å². The van der Waals surface area contributed by atoms with Gasteiger partial charge in [-0.25, -0.2) is 0 Å². The molecule has 1 unspecified atom stereocenters. The third-order valence-corrected chi connectivity index (χ3v) is 6.92. The van der Waals surface area contributed by atoms with E-state index in [1.807, 2.05) is 24.3 Å². The van der Waals surface area contributed by atoms with Crippen LogP contribution >= 0.6 is 0 Å². The Bertz CT molecular complexity index is 1120. The average molecular weight is 532 g/mol.